The monoisotopic (exact) mass is 222 g/mol. The highest BCUT2D eigenvalue weighted by atomic mass is 16.5. The lowest BCUT2D eigenvalue weighted by Gasteiger charge is -2.07. The lowest BCUT2D eigenvalue weighted by molar-refractivity contribution is 0.101. The first-order chi connectivity index (χ1) is 7.74. The van der Waals surface area contributed by atoms with Gasteiger partial charge in [-0.25, -0.2) is 0 Å². The van der Waals surface area contributed by atoms with Gasteiger partial charge in [0.2, 0.25) is 0 Å². The SMILES string of the molecule is CCCOCCOc1ccc(C(=N)N)cc1. The molecule has 0 fully saturated rings. The molecular weight excluding hydrogens is 204 g/mol. The fourth-order valence-electron chi connectivity index (χ4n) is 1.20. The Morgan fingerprint density at radius 2 is 1.88 bits per heavy atom. The van der Waals surface area contributed by atoms with Crippen LogP contribution in [-0.2, 0) is 4.74 Å². The molecule has 16 heavy (non-hydrogen) atoms. The number of benzene rings is 1. The third kappa shape index (κ3) is 4.31. The molecule has 0 amide bonds. The summed E-state index contributed by atoms with van der Waals surface area (Å²) in [6, 6.07) is 7.14. The van der Waals surface area contributed by atoms with Gasteiger partial charge in [0.1, 0.15) is 18.2 Å². The molecule has 0 aliphatic rings. The fraction of sp³-hybridized carbons (Fsp3) is 0.417. The Balaban J connectivity index is 2.29. The van der Waals surface area contributed by atoms with E-state index in [1.54, 1.807) is 24.3 Å². The third-order valence-electron chi connectivity index (χ3n) is 2.01. The number of rotatable bonds is 7. The highest BCUT2D eigenvalue weighted by Gasteiger charge is 1.97. The summed E-state index contributed by atoms with van der Waals surface area (Å²) in [5.74, 6) is 0.836. The van der Waals surface area contributed by atoms with Crippen molar-refractivity contribution < 1.29 is 9.47 Å². The Kier molecular flexibility index (Phi) is 5.36. The largest absolute Gasteiger partial charge is 0.491 e. The van der Waals surface area contributed by atoms with Crippen LogP contribution in [0.1, 0.15) is 18.9 Å². The van der Waals surface area contributed by atoms with E-state index in [0.29, 0.717) is 18.8 Å². The van der Waals surface area contributed by atoms with Crippen molar-refractivity contribution in [3.8, 4) is 5.75 Å². The van der Waals surface area contributed by atoms with E-state index in [0.717, 1.165) is 18.8 Å². The standard InChI is InChI=1S/C12H18N2O2/c1-2-7-15-8-9-16-11-5-3-10(4-6-11)12(13)14/h3-6H,2,7-9H2,1H3,(H3,13,14). The first kappa shape index (κ1) is 12.5. The predicted octanol–water partition coefficient (Wildman–Crippen LogP) is 1.78. The minimum atomic E-state index is 0.0674. The van der Waals surface area contributed by atoms with Gasteiger partial charge < -0.3 is 15.2 Å². The third-order valence-corrected chi connectivity index (χ3v) is 2.01. The zero-order valence-electron chi connectivity index (χ0n) is 9.53. The number of amidine groups is 1. The van der Waals surface area contributed by atoms with Crippen LogP contribution < -0.4 is 10.5 Å². The number of nitrogens with two attached hydrogens (primary N) is 1. The molecule has 0 aliphatic carbocycles. The van der Waals surface area contributed by atoms with Crippen LogP contribution >= 0.6 is 0 Å². The van der Waals surface area contributed by atoms with E-state index in [2.05, 4.69) is 6.92 Å². The molecule has 0 heterocycles. The van der Waals surface area contributed by atoms with Crippen LogP contribution in [0.4, 0.5) is 0 Å². The van der Waals surface area contributed by atoms with Crippen LogP contribution in [0, 0.1) is 5.41 Å². The van der Waals surface area contributed by atoms with Crippen molar-refractivity contribution >= 4 is 5.84 Å². The average molecular weight is 222 g/mol. The molecule has 1 aromatic rings. The predicted molar refractivity (Wildman–Crippen MR) is 64.1 cm³/mol. The molecule has 1 rings (SSSR count). The van der Waals surface area contributed by atoms with Crippen molar-refractivity contribution in [1.82, 2.24) is 0 Å². The second kappa shape index (κ2) is 6.85. The highest BCUT2D eigenvalue weighted by molar-refractivity contribution is 5.94. The topological polar surface area (TPSA) is 68.3 Å². The smallest absolute Gasteiger partial charge is 0.122 e. The average Bonchev–Trinajstić information content (AvgIpc) is 2.29. The van der Waals surface area contributed by atoms with Crippen LogP contribution in [0.2, 0.25) is 0 Å². The van der Waals surface area contributed by atoms with E-state index < -0.39 is 0 Å². The van der Waals surface area contributed by atoms with Crippen LogP contribution in [0.5, 0.6) is 5.75 Å². The molecule has 1 aromatic carbocycles. The first-order valence-electron chi connectivity index (χ1n) is 5.39. The highest BCUT2D eigenvalue weighted by Crippen LogP contribution is 2.11. The zero-order chi connectivity index (χ0) is 11.8. The van der Waals surface area contributed by atoms with E-state index in [4.69, 9.17) is 20.6 Å². The molecule has 0 aromatic heterocycles. The molecule has 3 N–H and O–H groups in total. The summed E-state index contributed by atoms with van der Waals surface area (Å²) in [6.07, 6.45) is 1.02. The number of nitrogens with one attached hydrogen (secondary N) is 1. The minimum absolute atomic E-state index is 0.0674. The van der Waals surface area contributed by atoms with E-state index in [1.807, 2.05) is 0 Å². The Hall–Kier alpha value is -1.55. The van der Waals surface area contributed by atoms with Crippen molar-refractivity contribution in [2.75, 3.05) is 19.8 Å². The second-order valence-corrected chi connectivity index (χ2v) is 3.40. The van der Waals surface area contributed by atoms with Crippen molar-refractivity contribution in [2.24, 2.45) is 5.73 Å². The Morgan fingerprint density at radius 1 is 1.19 bits per heavy atom. The molecule has 0 bridgehead atoms. The maximum atomic E-state index is 7.24. The van der Waals surface area contributed by atoms with Gasteiger partial charge >= 0.3 is 0 Å². The van der Waals surface area contributed by atoms with Gasteiger partial charge in [0, 0.05) is 12.2 Å². The van der Waals surface area contributed by atoms with Gasteiger partial charge in [-0.1, -0.05) is 6.92 Å². The van der Waals surface area contributed by atoms with Crippen molar-refractivity contribution in [1.29, 1.82) is 5.41 Å². The van der Waals surface area contributed by atoms with Gasteiger partial charge in [-0.15, -0.1) is 0 Å². The number of ether oxygens (including phenoxy) is 2. The summed E-state index contributed by atoms with van der Waals surface area (Å²) in [5, 5.41) is 7.24. The van der Waals surface area contributed by atoms with Gasteiger partial charge in [0.15, 0.2) is 0 Å². The summed E-state index contributed by atoms with van der Waals surface area (Å²) >= 11 is 0. The van der Waals surface area contributed by atoms with Crippen molar-refractivity contribution in [3.63, 3.8) is 0 Å². The summed E-state index contributed by atoms with van der Waals surface area (Å²) < 4.78 is 10.7. The molecule has 0 saturated heterocycles. The molecule has 0 radical (unpaired) electrons. The molecule has 4 heteroatoms. The molecular formula is C12H18N2O2. The Bertz CT molecular complexity index is 322. The number of hydrogen-bond acceptors (Lipinski definition) is 3. The first-order valence-corrected chi connectivity index (χ1v) is 5.39. The summed E-state index contributed by atoms with van der Waals surface area (Å²) in [7, 11) is 0. The minimum Gasteiger partial charge on any atom is -0.491 e. The van der Waals surface area contributed by atoms with E-state index in [-0.39, 0.29) is 5.84 Å². The van der Waals surface area contributed by atoms with Crippen LogP contribution in [0.3, 0.4) is 0 Å². The van der Waals surface area contributed by atoms with Gasteiger partial charge in [0.05, 0.1) is 6.61 Å². The molecule has 88 valence electrons. The molecule has 0 unspecified atom stereocenters. The van der Waals surface area contributed by atoms with E-state index in [1.165, 1.54) is 0 Å². The van der Waals surface area contributed by atoms with E-state index in [9.17, 15) is 0 Å². The van der Waals surface area contributed by atoms with Crippen LogP contribution in [0.15, 0.2) is 24.3 Å². The van der Waals surface area contributed by atoms with Gasteiger partial charge in [-0.3, -0.25) is 5.41 Å². The normalized spacial score (nSPS) is 10.1. The molecule has 0 atom stereocenters. The van der Waals surface area contributed by atoms with Crippen molar-refractivity contribution in [2.45, 2.75) is 13.3 Å². The number of hydrogen-bond donors (Lipinski definition) is 2. The summed E-state index contributed by atoms with van der Waals surface area (Å²) in [6.45, 7) is 3.98. The van der Waals surface area contributed by atoms with Crippen LogP contribution in [-0.4, -0.2) is 25.7 Å². The fourth-order valence-corrected chi connectivity index (χ4v) is 1.20. The molecule has 4 nitrogen and oxygen atoms in total. The van der Waals surface area contributed by atoms with Gasteiger partial charge in [-0.2, -0.15) is 0 Å². The lowest BCUT2D eigenvalue weighted by atomic mass is 10.2. The molecule has 0 aliphatic heterocycles. The van der Waals surface area contributed by atoms with Crippen molar-refractivity contribution in [3.05, 3.63) is 29.8 Å². The quantitative estimate of drug-likeness (QED) is 0.420. The Morgan fingerprint density at radius 3 is 2.44 bits per heavy atom. The Labute approximate surface area is 95.9 Å². The lowest BCUT2D eigenvalue weighted by Crippen LogP contribution is -2.11. The summed E-state index contributed by atoms with van der Waals surface area (Å²) in [4.78, 5) is 0. The van der Waals surface area contributed by atoms with Gasteiger partial charge in [0.25, 0.3) is 0 Å². The maximum absolute atomic E-state index is 7.24. The van der Waals surface area contributed by atoms with E-state index >= 15 is 0 Å². The zero-order valence-corrected chi connectivity index (χ0v) is 9.53. The van der Waals surface area contributed by atoms with Crippen LogP contribution in [0.25, 0.3) is 0 Å². The second-order valence-electron chi connectivity index (χ2n) is 3.40. The maximum Gasteiger partial charge on any atom is 0.122 e. The number of nitrogen functional groups attached to an aromatic ring is 1. The summed E-state index contributed by atoms with van der Waals surface area (Å²) in [5.41, 5.74) is 6.04. The molecule has 0 saturated carbocycles. The molecule has 0 spiro atoms. The van der Waals surface area contributed by atoms with Gasteiger partial charge in [-0.05, 0) is 30.7 Å².